The lowest BCUT2D eigenvalue weighted by Crippen LogP contribution is -2.41. The van der Waals surface area contributed by atoms with Crippen LogP contribution < -0.4 is 5.32 Å². The van der Waals surface area contributed by atoms with Crippen LogP contribution >= 0.6 is 0 Å². The van der Waals surface area contributed by atoms with Crippen molar-refractivity contribution in [2.45, 2.75) is 25.8 Å². The Morgan fingerprint density at radius 2 is 2.04 bits per heavy atom. The molecule has 1 fully saturated rings. The van der Waals surface area contributed by atoms with Gasteiger partial charge in [-0.1, -0.05) is 12.1 Å². The Morgan fingerprint density at radius 3 is 2.79 bits per heavy atom. The smallest absolute Gasteiger partial charge is 0.224 e. The Hall–Kier alpha value is -2.27. The fourth-order valence-electron chi connectivity index (χ4n) is 2.97. The molecule has 1 saturated heterocycles. The van der Waals surface area contributed by atoms with E-state index in [0.717, 1.165) is 6.42 Å². The van der Waals surface area contributed by atoms with Crippen molar-refractivity contribution >= 4 is 5.91 Å². The van der Waals surface area contributed by atoms with Crippen molar-refractivity contribution in [3.05, 3.63) is 65.2 Å². The number of amides is 1. The van der Waals surface area contributed by atoms with E-state index in [1.165, 1.54) is 11.6 Å². The van der Waals surface area contributed by atoms with Crippen LogP contribution in [-0.2, 0) is 22.4 Å². The number of carbonyl (C=O) groups excluding carboxylic acids is 1. The monoisotopic (exact) mass is 328 g/mol. The molecule has 0 bridgehead atoms. The second-order valence-corrected chi connectivity index (χ2v) is 6.29. The molecule has 126 valence electrons. The van der Waals surface area contributed by atoms with Crippen LogP contribution in [0, 0.1) is 18.7 Å². The van der Waals surface area contributed by atoms with Gasteiger partial charge in [-0.25, -0.2) is 4.39 Å². The van der Waals surface area contributed by atoms with Crippen molar-refractivity contribution in [3.8, 4) is 0 Å². The first-order chi connectivity index (χ1) is 11.6. The van der Waals surface area contributed by atoms with E-state index in [0.29, 0.717) is 24.3 Å². The number of aryl methyl sites for hydroxylation is 1. The van der Waals surface area contributed by atoms with Crippen LogP contribution in [0.1, 0.15) is 16.7 Å². The molecule has 0 aliphatic carbocycles. The predicted molar refractivity (Wildman–Crippen MR) is 89.0 cm³/mol. The number of benzene rings is 1. The molecule has 1 amide bonds. The largest absolute Gasteiger partial charge is 0.379 e. The maximum absolute atomic E-state index is 13.6. The quantitative estimate of drug-likeness (QED) is 0.917. The summed E-state index contributed by atoms with van der Waals surface area (Å²) in [5.74, 6) is -0.139. The van der Waals surface area contributed by atoms with E-state index in [9.17, 15) is 9.18 Å². The van der Waals surface area contributed by atoms with Crippen LogP contribution in [0.5, 0.6) is 0 Å². The molecule has 1 N–H and O–H groups in total. The van der Waals surface area contributed by atoms with Crippen LogP contribution in [0.15, 0.2) is 42.7 Å². The van der Waals surface area contributed by atoms with Gasteiger partial charge in [0.25, 0.3) is 0 Å². The molecule has 0 saturated carbocycles. The lowest BCUT2D eigenvalue weighted by molar-refractivity contribution is -0.121. The molecule has 0 unspecified atom stereocenters. The number of pyridine rings is 1. The first-order valence-electron chi connectivity index (χ1n) is 8.13. The Morgan fingerprint density at radius 1 is 1.25 bits per heavy atom. The van der Waals surface area contributed by atoms with Crippen molar-refractivity contribution in [1.29, 1.82) is 0 Å². The van der Waals surface area contributed by atoms with E-state index < -0.39 is 0 Å². The Balaban J connectivity index is 1.57. The molecule has 1 aliphatic heterocycles. The third-order valence-electron chi connectivity index (χ3n) is 4.39. The third-order valence-corrected chi connectivity index (χ3v) is 4.39. The van der Waals surface area contributed by atoms with Crippen LogP contribution in [-0.4, -0.2) is 30.1 Å². The summed E-state index contributed by atoms with van der Waals surface area (Å²) < 4.78 is 19.1. The molecule has 1 aromatic heterocycles. The van der Waals surface area contributed by atoms with E-state index in [-0.39, 0.29) is 30.1 Å². The summed E-state index contributed by atoms with van der Waals surface area (Å²) in [6.07, 6.45) is 4.55. The Bertz CT molecular complexity index is 706. The molecule has 2 heterocycles. The maximum Gasteiger partial charge on any atom is 0.224 e. The molecule has 2 atom stereocenters. The molecule has 24 heavy (non-hydrogen) atoms. The molecule has 2 aromatic rings. The second-order valence-electron chi connectivity index (χ2n) is 6.29. The molecule has 0 radical (unpaired) electrons. The minimum Gasteiger partial charge on any atom is -0.379 e. The van der Waals surface area contributed by atoms with E-state index in [4.69, 9.17) is 4.74 Å². The van der Waals surface area contributed by atoms with Crippen LogP contribution in [0.2, 0.25) is 0 Å². The van der Waals surface area contributed by atoms with Gasteiger partial charge in [-0.15, -0.1) is 0 Å². The zero-order chi connectivity index (χ0) is 16.9. The van der Waals surface area contributed by atoms with Crippen molar-refractivity contribution in [1.82, 2.24) is 10.3 Å². The van der Waals surface area contributed by atoms with Gasteiger partial charge >= 0.3 is 0 Å². The number of aromatic nitrogens is 1. The fourth-order valence-corrected chi connectivity index (χ4v) is 2.97. The minimum absolute atomic E-state index is 0.0130. The number of ether oxygens (including phenoxy) is 1. The molecule has 3 rings (SSSR count). The summed E-state index contributed by atoms with van der Waals surface area (Å²) in [6.45, 7) is 2.86. The molecule has 4 nitrogen and oxygen atoms in total. The molecular formula is C19H21FN2O2. The van der Waals surface area contributed by atoms with Crippen molar-refractivity contribution in [2.24, 2.45) is 5.92 Å². The van der Waals surface area contributed by atoms with Gasteiger partial charge in [0.05, 0.1) is 25.7 Å². The fraction of sp³-hybridized carbons (Fsp3) is 0.368. The normalized spacial score (nSPS) is 20.1. The van der Waals surface area contributed by atoms with Crippen molar-refractivity contribution in [3.63, 3.8) is 0 Å². The van der Waals surface area contributed by atoms with Gasteiger partial charge in [0.2, 0.25) is 5.91 Å². The van der Waals surface area contributed by atoms with Crippen molar-refractivity contribution in [2.75, 3.05) is 13.2 Å². The summed E-state index contributed by atoms with van der Waals surface area (Å²) in [5.41, 5.74) is 2.45. The standard InChI is InChI=1S/C19H21FN2O2/c1-13-2-3-15(9-17(13)20)10-19(23)22-18-12-24-11-16(18)8-14-4-6-21-7-5-14/h2-7,9,16,18H,8,10-12H2,1H3,(H,22,23)/t16-,18-/m1/s1. The summed E-state index contributed by atoms with van der Waals surface area (Å²) in [7, 11) is 0. The number of nitrogens with zero attached hydrogens (tertiary/aromatic N) is 1. The Labute approximate surface area is 141 Å². The average Bonchev–Trinajstić information content (AvgIpc) is 2.99. The zero-order valence-electron chi connectivity index (χ0n) is 13.7. The summed E-state index contributed by atoms with van der Waals surface area (Å²) in [5, 5.41) is 3.03. The Kier molecular flexibility index (Phi) is 5.20. The predicted octanol–water partition coefficient (Wildman–Crippen LogP) is 2.45. The van der Waals surface area contributed by atoms with Gasteiger partial charge < -0.3 is 10.1 Å². The number of hydrogen-bond acceptors (Lipinski definition) is 3. The van der Waals surface area contributed by atoms with Gasteiger partial charge in [-0.3, -0.25) is 9.78 Å². The highest BCUT2D eigenvalue weighted by Crippen LogP contribution is 2.19. The molecule has 5 heteroatoms. The highest BCUT2D eigenvalue weighted by Gasteiger charge is 2.29. The van der Waals surface area contributed by atoms with E-state index in [2.05, 4.69) is 10.3 Å². The summed E-state index contributed by atoms with van der Waals surface area (Å²) in [6, 6.07) is 8.86. The van der Waals surface area contributed by atoms with Crippen LogP contribution in [0.3, 0.4) is 0 Å². The van der Waals surface area contributed by atoms with E-state index in [1.807, 2.05) is 12.1 Å². The van der Waals surface area contributed by atoms with Crippen LogP contribution in [0.25, 0.3) is 0 Å². The molecular weight excluding hydrogens is 307 g/mol. The third kappa shape index (κ3) is 4.17. The zero-order valence-corrected chi connectivity index (χ0v) is 13.7. The number of hydrogen-bond donors (Lipinski definition) is 1. The molecule has 0 spiro atoms. The average molecular weight is 328 g/mol. The number of carbonyl (C=O) groups is 1. The highest BCUT2D eigenvalue weighted by molar-refractivity contribution is 5.79. The molecule has 1 aromatic carbocycles. The highest BCUT2D eigenvalue weighted by atomic mass is 19.1. The van der Waals surface area contributed by atoms with Gasteiger partial charge in [0.1, 0.15) is 5.82 Å². The topological polar surface area (TPSA) is 51.2 Å². The second kappa shape index (κ2) is 7.53. The molecule has 1 aliphatic rings. The summed E-state index contributed by atoms with van der Waals surface area (Å²) >= 11 is 0. The van der Waals surface area contributed by atoms with Gasteiger partial charge in [-0.2, -0.15) is 0 Å². The lowest BCUT2D eigenvalue weighted by Gasteiger charge is -2.19. The van der Waals surface area contributed by atoms with Gasteiger partial charge in [0, 0.05) is 18.3 Å². The minimum atomic E-state index is -0.278. The SMILES string of the molecule is Cc1ccc(CC(=O)N[C@@H]2COC[C@H]2Cc2ccncc2)cc1F. The van der Waals surface area contributed by atoms with Crippen molar-refractivity contribution < 1.29 is 13.9 Å². The number of nitrogens with one attached hydrogen (secondary N) is 1. The van der Waals surface area contributed by atoms with Gasteiger partial charge in [0.15, 0.2) is 0 Å². The first-order valence-corrected chi connectivity index (χ1v) is 8.13. The first kappa shape index (κ1) is 16.6. The van der Waals surface area contributed by atoms with E-state index >= 15 is 0 Å². The number of halogens is 1. The van der Waals surface area contributed by atoms with E-state index in [1.54, 1.807) is 31.5 Å². The lowest BCUT2D eigenvalue weighted by atomic mass is 9.95. The summed E-state index contributed by atoms with van der Waals surface area (Å²) in [4.78, 5) is 16.3. The maximum atomic E-state index is 13.6. The van der Waals surface area contributed by atoms with Gasteiger partial charge in [-0.05, 0) is 48.2 Å². The number of rotatable bonds is 5. The van der Waals surface area contributed by atoms with Crippen LogP contribution in [0.4, 0.5) is 4.39 Å².